The van der Waals surface area contributed by atoms with Crippen molar-refractivity contribution >= 4 is 46.3 Å². The molecule has 12 heteroatoms. The Morgan fingerprint density at radius 1 is 1.10 bits per heavy atom. The number of rotatable bonds is 13. The molecule has 0 bridgehead atoms. The number of hydrazine groups is 1. The molecule has 0 unspecified atom stereocenters. The highest BCUT2D eigenvalue weighted by Gasteiger charge is 2.32. The molecule has 2 fully saturated rings. The van der Waals surface area contributed by atoms with Crippen LogP contribution in [0, 0.1) is 11.6 Å². The number of thiocarbonyl (C=S) groups is 1. The third kappa shape index (κ3) is 8.31. The van der Waals surface area contributed by atoms with Crippen LogP contribution in [0.2, 0.25) is 0 Å². The first kappa shape index (κ1) is 30.1. The van der Waals surface area contributed by atoms with Crippen LogP contribution in [0.1, 0.15) is 31.2 Å². The number of thioether (sulfide) groups is 1. The highest BCUT2D eigenvalue weighted by molar-refractivity contribution is 8.26. The van der Waals surface area contributed by atoms with Gasteiger partial charge < -0.3 is 14.6 Å². The molecule has 2 aliphatic heterocycles. The Morgan fingerprint density at radius 3 is 2.60 bits per heavy atom. The van der Waals surface area contributed by atoms with Gasteiger partial charge in [0.05, 0.1) is 18.1 Å². The number of carbonyl (C=O) groups excluding carboxylic acids is 1. The molecule has 0 atom stereocenters. The standard InChI is InChI=1S/C28H31F2N3O5S2/c29-22-7-5-20(17-23(22)30)19-6-8-24(38-15-12-32-10-13-37-14-11-32)21(16-19)18-25-27(36)33(28(39)40-25)31-9-3-1-2-4-26(34)35/h5-8,16-18,31H,1-4,9-15H2,(H,34,35)/b25-18-. The van der Waals surface area contributed by atoms with Gasteiger partial charge >= 0.3 is 5.97 Å². The second-order valence-electron chi connectivity index (χ2n) is 9.31. The van der Waals surface area contributed by atoms with E-state index < -0.39 is 17.6 Å². The highest BCUT2D eigenvalue weighted by Crippen LogP contribution is 2.35. The molecule has 8 nitrogen and oxygen atoms in total. The normalized spacial score (nSPS) is 17.1. The summed E-state index contributed by atoms with van der Waals surface area (Å²) >= 11 is 6.56. The number of benzene rings is 2. The molecule has 1 amide bonds. The average molecular weight is 592 g/mol. The minimum absolute atomic E-state index is 0.115. The maximum Gasteiger partial charge on any atom is 0.303 e. The molecule has 0 aromatic heterocycles. The average Bonchev–Trinajstić information content (AvgIpc) is 3.20. The summed E-state index contributed by atoms with van der Waals surface area (Å²) in [6, 6.07) is 9.02. The lowest BCUT2D eigenvalue weighted by Gasteiger charge is -2.26. The SMILES string of the molecule is O=C(O)CCCCCNN1C(=O)/C(=C/c2cc(-c3ccc(F)c(F)c3)ccc2OCCN2CCOCC2)SC1=S. The van der Waals surface area contributed by atoms with Crippen LogP contribution >= 0.6 is 24.0 Å². The summed E-state index contributed by atoms with van der Waals surface area (Å²) in [7, 11) is 0. The number of halogens is 2. The van der Waals surface area contributed by atoms with Gasteiger partial charge in [0.2, 0.25) is 0 Å². The number of hydrogen-bond acceptors (Lipinski definition) is 8. The van der Waals surface area contributed by atoms with Crippen LogP contribution in [-0.4, -0.2) is 77.2 Å². The van der Waals surface area contributed by atoms with Gasteiger partial charge in [-0.15, -0.1) is 0 Å². The summed E-state index contributed by atoms with van der Waals surface area (Å²) in [5.74, 6) is -2.45. The van der Waals surface area contributed by atoms with Crippen LogP contribution in [0.4, 0.5) is 8.78 Å². The number of hydrogen-bond donors (Lipinski definition) is 2. The molecule has 0 aliphatic carbocycles. The fourth-order valence-electron chi connectivity index (χ4n) is 4.27. The Hall–Kier alpha value is -2.90. The lowest BCUT2D eigenvalue weighted by atomic mass is 10.0. The van der Waals surface area contributed by atoms with Gasteiger partial charge in [-0.3, -0.25) is 14.5 Å². The number of carboxylic acid groups (broad SMARTS) is 1. The predicted octanol–water partition coefficient (Wildman–Crippen LogP) is 4.69. The van der Waals surface area contributed by atoms with Gasteiger partial charge in [-0.05, 0) is 54.3 Å². The molecule has 214 valence electrons. The van der Waals surface area contributed by atoms with Gasteiger partial charge in [0, 0.05) is 38.2 Å². The molecule has 2 heterocycles. The summed E-state index contributed by atoms with van der Waals surface area (Å²) in [5, 5.41) is 10.1. The van der Waals surface area contributed by atoms with Crippen molar-refractivity contribution in [2.45, 2.75) is 25.7 Å². The van der Waals surface area contributed by atoms with Crippen molar-refractivity contribution in [1.29, 1.82) is 0 Å². The van der Waals surface area contributed by atoms with Crippen molar-refractivity contribution in [3.8, 4) is 16.9 Å². The van der Waals surface area contributed by atoms with Gasteiger partial charge in [-0.1, -0.05) is 42.5 Å². The molecule has 0 saturated carbocycles. The van der Waals surface area contributed by atoms with Gasteiger partial charge in [0.25, 0.3) is 5.91 Å². The van der Waals surface area contributed by atoms with E-state index in [1.54, 1.807) is 24.3 Å². The van der Waals surface area contributed by atoms with Gasteiger partial charge in [-0.25, -0.2) is 19.2 Å². The summed E-state index contributed by atoms with van der Waals surface area (Å²) in [6.45, 7) is 4.66. The number of unbranched alkanes of at least 4 members (excludes halogenated alkanes) is 2. The number of nitrogens with zero attached hydrogens (tertiary/aromatic N) is 2. The minimum Gasteiger partial charge on any atom is -0.492 e. The Morgan fingerprint density at radius 2 is 1.85 bits per heavy atom. The molecule has 2 aromatic carbocycles. The number of carboxylic acids is 1. The molecule has 4 rings (SSSR count). The Labute approximate surface area is 241 Å². The third-order valence-electron chi connectivity index (χ3n) is 6.45. The maximum atomic E-state index is 13.9. The van der Waals surface area contributed by atoms with Crippen LogP contribution in [0.25, 0.3) is 17.2 Å². The number of nitrogens with one attached hydrogen (secondary N) is 1. The topological polar surface area (TPSA) is 91.3 Å². The van der Waals surface area contributed by atoms with E-state index in [1.165, 1.54) is 11.1 Å². The van der Waals surface area contributed by atoms with Crippen LogP contribution in [0.5, 0.6) is 5.75 Å². The molecule has 0 radical (unpaired) electrons. The highest BCUT2D eigenvalue weighted by atomic mass is 32.2. The fourth-order valence-corrected chi connectivity index (χ4v) is 5.48. The number of aliphatic carboxylic acids is 1. The van der Waals surface area contributed by atoms with Gasteiger partial charge in [0.1, 0.15) is 12.4 Å². The second-order valence-corrected chi connectivity index (χ2v) is 11.0. The van der Waals surface area contributed by atoms with E-state index in [2.05, 4.69) is 10.3 Å². The van der Waals surface area contributed by atoms with E-state index in [0.717, 1.165) is 37.0 Å². The summed E-state index contributed by atoms with van der Waals surface area (Å²) in [6.07, 6.45) is 3.79. The smallest absolute Gasteiger partial charge is 0.303 e. The monoisotopic (exact) mass is 591 g/mol. The number of carbonyl (C=O) groups is 2. The van der Waals surface area contributed by atoms with Crippen LogP contribution < -0.4 is 10.2 Å². The molecule has 2 aromatic rings. The van der Waals surface area contributed by atoms with E-state index >= 15 is 0 Å². The van der Waals surface area contributed by atoms with Crippen LogP contribution in [-0.2, 0) is 14.3 Å². The van der Waals surface area contributed by atoms with Crippen molar-refractivity contribution in [3.63, 3.8) is 0 Å². The van der Waals surface area contributed by atoms with Gasteiger partial charge in [-0.2, -0.15) is 0 Å². The van der Waals surface area contributed by atoms with E-state index in [-0.39, 0.29) is 12.3 Å². The van der Waals surface area contributed by atoms with E-state index in [9.17, 15) is 18.4 Å². The first-order valence-electron chi connectivity index (χ1n) is 13.1. The third-order valence-corrected chi connectivity index (χ3v) is 7.75. The molecule has 40 heavy (non-hydrogen) atoms. The van der Waals surface area contributed by atoms with E-state index in [1.807, 2.05) is 0 Å². The zero-order valence-electron chi connectivity index (χ0n) is 21.9. The number of amides is 1. The first-order chi connectivity index (χ1) is 19.3. The molecular weight excluding hydrogens is 560 g/mol. The largest absolute Gasteiger partial charge is 0.492 e. The van der Waals surface area contributed by atoms with Crippen LogP contribution in [0.3, 0.4) is 0 Å². The van der Waals surface area contributed by atoms with Crippen LogP contribution in [0.15, 0.2) is 41.3 Å². The Balaban J connectivity index is 1.49. The zero-order valence-corrected chi connectivity index (χ0v) is 23.5. The van der Waals surface area contributed by atoms with Gasteiger partial charge in [0.15, 0.2) is 16.0 Å². The van der Waals surface area contributed by atoms with Crippen molar-refractivity contribution in [1.82, 2.24) is 15.3 Å². The molecule has 2 N–H and O–H groups in total. The Kier molecular flexibility index (Phi) is 11.0. The minimum atomic E-state index is -0.945. The molecule has 0 spiro atoms. The molecule has 2 saturated heterocycles. The van der Waals surface area contributed by atoms with Crippen molar-refractivity contribution in [2.75, 3.05) is 46.0 Å². The lowest BCUT2D eigenvalue weighted by molar-refractivity contribution is -0.137. The number of ether oxygens (including phenoxy) is 2. The predicted molar refractivity (Wildman–Crippen MR) is 154 cm³/mol. The van der Waals surface area contributed by atoms with Crippen molar-refractivity contribution in [2.24, 2.45) is 0 Å². The lowest BCUT2D eigenvalue weighted by Crippen LogP contribution is -2.41. The Bertz CT molecular complexity index is 1270. The number of morpholine rings is 1. The van der Waals surface area contributed by atoms with Crippen molar-refractivity contribution < 1.29 is 33.0 Å². The quantitative estimate of drug-likeness (QED) is 0.196. The summed E-state index contributed by atoms with van der Waals surface area (Å²) in [5.41, 5.74) is 4.77. The summed E-state index contributed by atoms with van der Waals surface area (Å²) < 4.78 is 39.3. The maximum absolute atomic E-state index is 13.9. The molecular formula is C28H31F2N3O5S2. The van der Waals surface area contributed by atoms with Crippen molar-refractivity contribution in [3.05, 3.63) is 58.5 Å². The molecule has 2 aliphatic rings. The first-order valence-corrected chi connectivity index (χ1v) is 14.3. The summed E-state index contributed by atoms with van der Waals surface area (Å²) in [4.78, 5) is 26.5. The van der Waals surface area contributed by atoms with E-state index in [0.29, 0.717) is 83.8 Å². The van der Waals surface area contributed by atoms with E-state index in [4.69, 9.17) is 26.8 Å². The fraction of sp³-hybridized carbons (Fsp3) is 0.393. The zero-order chi connectivity index (χ0) is 28.5. The second kappa shape index (κ2) is 14.6.